The molecular formula is C21H26N6O4. The smallest absolute Gasteiger partial charge is 0.358 e. The highest BCUT2D eigenvalue weighted by atomic mass is 16.5. The van der Waals surface area contributed by atoms with E-state index in [0.29, 0.717) is 42.5 Å². The standard InChI is InChI=1S/C21H26N6O4/c1-4-30-20(28)17-10-12-27(25-17)16-8-5-7-15(13-16)23-21(29)22-11-6-9-18-24-19(14(2)3)26-31-18/h5,7-8,10,12-14H,4,6,9,11H2,1-3H3,(H2,22,23,29). The first kappa shape index (κ1) is 22.0. The Morgan fingerprint density at radius 2 is 2.10 bits per heavy atom. The number of urea groups is 1. The van der Waals surface area contributed by atoms with Crippen LogP contribution in [0.25, 0.3) is 5.69 Å². The molecule has 10 nitrogen and oxygen atoms in total. The van der Waals surface area contributed by atoms with E-state index < -0.39 is 5.97 Å². The quantitative estimate of drug-likeness (QED) is 0.397. The topological polar surface area (TPSA) is 124 Å². The highest BCUT2D eigenvalue weighted by Gasteiger charge is 2.12. The second kappa shape index (κ2) is 10.4. The number of aromatic nitrogens is 4. The lowest BCUT2D eigenvalue weighted by Gasteiger charge is -2.09. The van der Waals surface area contributed by atoms with Crippen molar-refractivity contribution in [2.75, 3.05) is 18.5 Å². The summed E-state index contributed by atoms with van der Waals surface area (Å²) in [6, 6.07) is 8.40. The summed E-state index contributed by atoms with van der Waals surface area (Å²) in [4.78, 5) is 28.3. The van der Waals surface area contributed by atoms with Crippen LogP contribution in [-0.2, 0) is 11.2 Å². The molecule has 10 heteroatoms. The van der Waals surface area contributed by atoms with Crippen LogP contribution in [0.3, 0.4) is 0 Å². The summed E-state index contributed by atoms with van der Waals surface area (Å²) >= 11 is 0. The van der Waals surface area contributed by atoms with E-state index in [9.17, 15) is 9.59 Å². The summed E-state index contributed by atoms with van der Waals surface area (Å²) < 4.78 is 11.7. The van der Waals surface area contributed by atoms with Crippen molar-refractivity contribution in [1.82, 2.24) is 25.2 Å². The fourth-order valence-corrected chi connectivity index (χ4v) is 2.73. The Balaban J connectivity index is 1.48. The van der Waals surface area contributed by atoms with E-state index in [4.69, 9.17) is 9.26 Å². The number of amides is 2. The molecule has 0 aliphatic heterocycles. The van der Waals surface area contributed by atoms with Crippen LogP contribution in [0, 0.1) is 0 Å². The van der Waals surface area contributed by atoms with Crippen molar-refractivity contribution in [1.29, 1.82) is 0 Å². The van der Waals surface area contributed by atoms with Gasteiger partial charge >= 0.3 is 12.0 Å². The van der Waals surface area contributed by atoms with Crippen molar-refractivity contribution in [2.24, 2.45) is 0 Å². The average Bonchev–Trinajstić information content (AvgIpc) is 3.42. The van der Waals surface area contributed by atoms with Gasteiger partial charge in [0.05, 0.1) is 12.3 Å². The van der Waals surface area contributed by atoms with Gasteiger partial charge in [0.1, 0.15) is 0 Å². The largest absolute Gasteiger partial charge is 0.461 e. The van der Waals surface area contributed by atoms with Gasteiger partial charge in [0.15, 0.2) is 11.5 Å². The van der Waals surface area contributed by atoms with E-state index in [1.807, 2.05) is 19.9 Å². The molecule has 2 heterocycles. The van der Waals surface area contributed by atoms with Gasteiger partial charge in [-0.3, -0.25) is 0 Å². The zero-order chi connectivity index (χ0) is 22.2. The van der Waals surface area contributed by atoms with Crippen LogP contribution in [-0.4, -0.2) is 45.1 Å². The molecule has 3 rings (SSSR count). The van der Waals surface area contributed by atoms with Crippen LogP contribution >= 0.6 is 0 Å². The maximum atomic E-state index is 12.2. The molecule has 0 aliphatic carbocycles. The second-order valence-electron chi connectivity index (χ2n) is 7.10. The summed E-state index contributed by atoms with van der Waals surface area (Å²) in [6.45, 7) is 6.49. The molecule has 0 radical (unpaired) electrons. The van der Waals surface area contributed by atoms with Crippen LogP contribution < -0.4 is 10.6 Å². The number of hydrogen-bond donors (Lipinski definition) is 2. The normalized spacial score (nSPS) is 10.8. The molecule has 0 aliphatic rings. The van der Waals surface area contributed by atoms with Crippen molar-refractivity contribution >= 4 is 17.7 Å². The van der Waals surface area contributed by atoms with Crippen LogP contribution in [0.15, 0.2) is 41.1 Å². The third-order valence-corrected chi connectivity index (χ3v) is 4.30. The van der Waals surface area contributed by atoms with Crippen molar-refractivity contribution in [3.05, 3.63) is 53.9 Å². The molecule has 2 aromatic heterocycles. The van der Waals surface area contributed by atoms with Crippen molar-refractivity contribution in [2.45, 2.75) is 39.5 Å². The summed E-state index contributed by atoms with van der Waals surface area (Å²) in [5.41, 5.74) is 1.52. The molecule has 2 amide bonds. The van der Waals surface area contributed by atoms with E-state index in [1.165, 1.54) is 0 Å². The fraction of sp³-hybridized carbons (Fsp3) is 0.381. The number of hydrogen-bond acceptors (Lipinski definition) is 7. The van der Waals surface area contributed by atoms with E-state index in [2.05, 4.69) is 25.9 Å². The Bertz CT molecular complexity index is 1030. The third kappa shape index (κ3) is 6.14. The first-order valence-electron chi connectivity index (χ1n) is 10.2. The monoisotopic (exact) mass is 426 g/mol. The summed E-state index contributed by atoms with van der Waals surface area (Å²) in [6.07, 6.45) is 2.93. The second-order valence-corrected chi connectivity index (χ2v) is 7.10. The molecule has 0 atom stereocenters. The number of rotatable bonds is 9. The molecule has 0 bridgehead atoms. The number of anilines is 1. The molecule has 3 aromatic rings. The Labute approximate surface area is 180 Å². The molecular weight excluding hydrogens is 400 g/mol. The predicted molar refractivity (Wildman–Crippen MR) is 113 cm³/mol. The molecule has 2 N–H and O–H groups in total. The van der Waals surface area contributed by atoms with Gasteiger partial charge in [-0.05, 0) is 37.6 Å². The number of esters is 1. The fourth-order valence-electron chi connectivity index (χ4n) is 2.73. The molecule has 0 fully saturated rings. The minimum absolute atomic E-state index is 0.218. The van der Waals surface area contributed by atoms with Gasteiger partial charge in [-0.1, -0.05) is 25.1 Å². The molecule has 0 spiro atoms. The Morgan fingerprint density at radius 3 is 2.84 bits per heavy atom. The van der Waals surface area contributed by atoms with Gasteiger partial charge in [0.25, 0.3) is 0 Å². The maximum absolute atomic E-state index is 12.2. The highest BCUT2D eigenvalue weighted by molar-refractivity contribution is 5.89. The maximum Gasteiger partial charge on any atom is 0.358 e. The van der Waals surface area contributed by atoms with Crippen LogP contribution in [0.1, 0.15) is 55.3 Å². The van der Waals surface area contributed by atoms with E-state index in [1.54, 1.807) is 42.1 Å². The van der Waals surface area contributed by atoms with Crippen molar-refractivity contribution in [3.8, 4) is 5.69 Å². The van der Waals surface area contributed by atoms with Gasteiger partial charge in [-0.25, -0.2) is 14.3 Å². The van der Waals surface area contributed by atoms with Gasteiger partial charge in [-0.2, -0.15) is 10.1 Å². The van der Waals surface area contributed by atoms with Crippen LogP contribution in [0.4, 0.5) is 10.5 Å². The number of aryl methyl sites for hydroxylation is 1. The predicted octanol–water partition coefficient (Wildman–Crippen LogP) is 3.31. The number of carbonyl (C=O) groups excluding carboxylic acids is 2. The number of ether oxygens (including phenoxy) is 1. The van der Waals surface area contributed by atoms with E-state index >= 15 is 0 Å². The Morgan fingerprint density at radius 1 is 1.26 bits per heavy atom. The number of carbonyl (C=O) groups is 2. The van der Waals surface area contributed by atoms with Gasteiger partial charge in [0.2, 0.25) is 5.89 Å². The zero-order valence-corrected chi connectivity index (χ0v) is 17.8. The Hall–Kier alpha value is -3.69. The number of nitrogens with one attached hydrogen (secondary N) is 2. The average molecular weight is 426 g/mol. The van der Waals surface area contributed by atoms with Crippen LogP contribution in [0.2, 0.25) is 0 Å². The molecule has 0 saturated heterocycles. The van der Waals surface area contributed by atoms with E-state index in [0.717, 1.165) is 0 Å². The summed E-state index contributed by atoms with van der Waals surface area (Å²) in [5, 5.41) is 13.7. The van der Waals surface area contributed by atoms with Crippen molar-refractivity contribution < 1.29 is 18.8 Å². The van der Waals surface area contributed by atoms with Gasteiger partial charge in [-0.15, -0.1) is 0 Å². The van der Waals surface area contributed by atoms with Gasteiger partial charge in [0, 0.05) is 30.8 Å². The first-order valence-corrected chi connectivity index (χ1v) is 10.2. The molecule has 164 valence electrons. The zero-order valence-electron chi connectivity index (χ0n) is 17.8. The molecule has 31 heavy (non-hydrogen) atoms. The highest BCUT2D eigenvalue weighted by Crippen LogP contribution is 2.15. The van der Waals surface area contributed by atoms with Crippen molar-refractivity contribution in [3.63, 3.8) is 0 Å². The molecule has 0 saturated carbocycles. The number of benzene rings is 1. The minimum atomic E-state index is -0.476. The Kier molecular flexibility index (Phi) is 7.36. The van der Waals surface area contributed by atoms with Gasteiger partial charge < -0.3 is 19.9 Å². The molecule has 0 unspecified atom stereocenters. The third-order valence-electron chi connectivity index (χ3n) is 4.30. The summed E-state index contributed by atoms with van der Waals surface area (Å²) in [7, 11) is 0. The lowest BCUT2D eigenvalue weighted by atomic mass is 10.2. The SMILES string of the molecule is CCOC(=O)c1ccn(-c2cccc(NC(=O)NCCCc3nc(C(C)C)no3)c2)n1. The van der Waals surface area contributed by atoms with Crippen LogP contribution in [0.5, 0.6) is 0 Å². The van der Waals surface area contributed by atoms with E-state index in [-0.39, 0.29) is 24.2 Å². The lowest BCUT2D eigenvalue weighted by molar-refractivity contribution is 0.0519. The summed E-state index contributed by atoms with van der Waals surface area (Å²) in [5.74, 6) is 0.999. The minimum Gasteiger partial charge on any atom is -0.461 e. The lowest BCUT2D eigenvalue weighted by Crippen LogP contribution is -2.29. The first-order chi connectivity index (χ1) is 15.0. The number of nitrogens with zero attached hydrogens (tertiary/aromatic N) is 4. The molecule has 1 aromatic carbocycles.